The van der Waals surface area contributed by atoms with E-state index in [1.807, 2.05) is 0 Å². The van der Waals surface area contributed by atoms with Gasteiger partial charge in [-0.3, -0.25) is 0 Å². The molecule has 0 aliphatic heterocycles. The van der Waals surface area contributed by atoms with Crippen LogP contribution in [-0.4, -0.2) is 9.13 Å². The Bertz CT molecular complexity index is 2810. The van der Waals surface area contributed by atoms with E-state index in [0.717, 1.165) is 22.7 Å². The summed E-state index contributed by atoms with van der Waals surface area (Å²) in [5.41, 5.74) is 12.8. The molecule has 8 aromatic carbocycles. The molecular formula is C48H33N3. The molecule has 0 radical (unpaired) electrons. The summed E-state index contributed by atoms with van der Waals surface area (Å²) in [6, 6.07) is 72.0. The molecule has 0 fully saturated rings. The highest BCUT2D eigenvalue weighted by Crippen LogP contribution is 2.42. The topological polar surface area (TPSA) is 13.1 Å². The third-order valence-corrected chi connectivity index (χ3v) is 10.1. The lowest BCUT2D eigenvalue weighted by molar-refractivity contribution is 1.15. The molecule has 0 aliphatic carbocycles. The predicted molar refractivity (Wildman–Crippen MR) is 215 cm³/mol. The van der Waals surface area contributed by atoms with E-state index in [-0.39, 0.29) is 0 Å². The van der Waals surface area contributed by atoms with Gasteiger partial charge in [-0.15, -0.1) is 0 Å². The Morgan fingerprint density at radius 2 is 0.745 bits per heavy atom. The molecule has 0 bridgehead atoms. The maximum atomic E-state index is 2.43. The number of nitrogens with zero attached hydrogens (tertiary/aromatic N) is 3. The van der Waals surface area contributed by atoms with Gasteiger partial charge in [0.2, 0.25) is 0 Å². The second-order valence-electron chi connectivity index (χ2n) is 13.0. The van der Waals surface area contributed by atoms with E-state index >= 15 is 0 Å². The Morgan fingerprint density at radius 1 is 0.314 bits per heavy atom. The lowest BCUT2D eigenvalue weighted by Gasteiger charge is -2.28. The zero-order valence-corrected chi connectivity index (χ0v) is 27.9. The highest BCUT2D eigenvalue weighted by atomic mass is 15.2. The van der Waals surface area contributed by atoms with Crippen LogP contribution in [0.15, 0.2) is 200 Å². The highest BCUT2D eigenvalue weighted by Gasteiger charge is 2.21. The number of aromatic nitrogens is 2. The van der Waals surface area contributed by atoms with Crippen molar-refractivity contribution in [1.82, 2.24) is 9.13 Å². The fourth-order valence-corrected chi connectivity index (χ4v) is 7.84. The van der Waals surface area contributed by atoms with E-state index in [4.69, 9.17) is 0 Å². The minimum atomic E-state index is 1.11. The lowest BCUT2D eigenvalue weighted by Crippen LogP contribution is -2.12. The molecule has 0 spiro atoms. The molecule has 51 heavy (non-hydrogen) atoms. The first-order valence-corrected chi connectivity index (χ1v) is 17.5. The van der Waals surface area contributed by atoms with Crippen molar-refractivity contribution < 1.29 is 0 Å². The van der Waals surface area contributed by atoms with E-state index in [0.29, 0.717) is 0 Å². The van der Waals surface area contributed by atoms with Gasteiger partial charge in [-0.1, -0.05) is 115 Å². The summed E-state index contributed by atoms with van der Waals surface area (Å²) in [7, 11) is 0. The largest absolute Gasteiger partial charge is 0.309 e. The zero-order valence-electron chi connectivity index (χ0n) is 27.9. The molecule has 240 valence electrons. The Kier molecular flexibility index (Phi) is 6.81. The Hall–Kier alpha value is -6.84. The van der Waals surface area contributed by atoms with Crippen LogP contribution in [0.5, 0.6) is 0 Å². The van der Waals surface area contributed by atoms with E-state index in [1.165, 1.54) is 60.4 Å². The van der Waals surface area contributed by atoms with E-state index in [2.05, 4.69) is 214 Å². The van der Waals surface area contributed by atoms with Crippen molar-refractivity contribution in [3.05, 3.63) is 200 Å². The molecule has 3 heteroatoms. The van der Waals surface area contributed by atoms with E-state index < -0.39 is 0 Å². The maximum Gasteiger partial charge on any atom is 0.0702 e. The summed E-state index contributed by atoms with van der Waals surface area (Å²) in [4.78, 5) is 2.35. The average molecular weight is 652 g/mol. The number of para-hydroxylation sites is 7. The smallest absolute Gasteiger partial charge is 0.0702 e. The van der Waals surface area contributed by atoms with Crippen LogP contribution in [0, 0.1) is 0 Å². The average Bonchev–Trinajstić information content (AvgIpc) is 3.71. The zero-order chi connectivity index (χ0) is 33.7. The van der Waals surface area contributed by atoms with Gasteiger partial charge in [-0.05, 0) is 96.1 Å². The standard InChI is InChI=1S/C48H33N3/c1-4-16-36(17-5-1)49(37-18-6-2-7-19-37)47-26-14-15-27-48(47)51-44-25-13-11-23-40(44)42-33-35(29-31-46(42)51)34-28-30-45-41(32-34)39-22-10-12-24-43(39)50(45)38-20-8-3-9-21-38/h1-33H. The molecule has 0 saturated carbocycles. The van der Waals surface area contributed by atoms with Crippen LogP contribution in [0.1, 0.15) is 0 Å². The predicted octanol–water partition coefficient (Wildman–Crippen LogP) is 13.0. The van der Waals surface area contributed by atoms with Crippen molar-refractivity contribution in [2.75, 3.05) is 4.90 Å². The molecule has 10 rings (SSSR count). The second-order valence-corrected chi connectivity index (χ2v) is 13.0. The quantitative estimate of drug-likeness (QED) is 0.174. The first-order valence-electron chi connectivity index (χ1n) is 17.5. The van der Waals surface area contributed by atoms with Crippen LogP contribution < -0.4 is 4.90 Å². The number of hydrogen-bond donors (Lipinski definition) is 0. The number of hydrogen-bond acceptors (Lipinski definition) is 1. The Labute approximate surface area is 296 Å². The van der Waals surface area contributed by atoms with Crippen LogP contribution in [0.4, 0.5) is 17.1 Å². The summed E-state index contributed by atoms with van der Waals surface area (Å²) in [5.74, 6) is 0. The number of benzene rings is 8. The molecule has 0 aliphatic rings. The molecule has 2 heterocycles. The molecule has 0 N–H and O–H groups in total. The molecule has 3 nitrogen and oxygen atoms in total. The van der Waals surface area contributed by atoms with Crippen LogP contribution in [-0.2, 0) is 0 Å². The first kappa shape index (κ1) is 29.1. The molecule has 10 aromatic rings. The van der Waals surface area contributed by atoms with Crippen LogP contribution in [0.3, 0.4) is 0 Å². The van der Waals surface area contributed by atoms with Crippen LogP contribution in [0.25, 0.3) is 66.1 Å². The van der Waals surface area contributed by atoms with Crippen molar-refractivity contribution in [3.63, 3.8) is 0 Å². The minimum absolute atomic E-state index is 1.11. The second kappa shape index (κ2) is 11.9. The fourth-order valence-electron chi connectivity index (χ4n) is 7.84. The molecule has 0 atom stereocenters. The molecule has 0 amide bonds. The summed E-state index contributed by atoms with van der Waals surface area (Å²) in [6.07, 6.45) is 0. The van der Waals surface area contributed by atoms with Gasteiger partial charge in [0, 0.05) is 38.6 Å². The normalized spacial score (nSPS) is 11.5. The Morgan fingerprint density at radius 3 is 1.33 bits per heavy atom. The summed E-state index contributed by atoms with van der Waals surface area (Å²) >= 11 is 0. The SMILES string of the molecule is c1ccc(N(c2ccccc2)c2ccccc2-n2c3ccccc3c3cc(-c4ccc5c(c4)c4ccccc4n5-c4ccccc4)ccc32)cc1. The molecular weight excluding hydrogens is 619 g/mol. The van der Waals surface area contributed by atoms with Gasteiger partial charge in [0.15, 0.2) is 0 Å². The van der Waals surface area contributed by atoms with Crippen LogP contribution >= 0.6 is 0 Å². The lowest BCUT2D eigenvalue weighted by atomic mass is 10.0. The van der Waals surface area contributed by atoms with Gasteiger partial charge in [0.25, 0.3) is 0 Å². The third kappa shape index (κ3) is 4.74. The van der Waals surface area contributed by atoms with Crippen molar-refractivity contribution in [1.29, 1.82) is 0 Å². The number of anilines is 3. The Balaban J connectivity index is 1.17. The summed E-state index contributed by atoms with van der Waals surface area (Å²) in [5, 5.41) is 4.98. The van der Waals surface area contributed by atoms with Crippen molar-refractivity contribution >= 4 is 60.7 Å². The van der Waals surface area contributed by atoms with Gasteiger partial charge < -0.3 is 14.0 Å². The van der Waals surface area contributed by atoms with Gasteiger partial charge in [-0.2, -0.15) is 0 Å². The molecule has 2 aromatic heterocycles. The van der Waals surface area contributed by atoms with E-state index in [1.54, 1.807) is 0 Å². The maximum absolute atomic E-state index is 2.43. The molecule has 0 unspecified atom stereocenters. The molecule has 0 saturated heterocycles. The summed E-state index contributed by atoms with van der Waals surface area (Å²) < 4.78 is 4.80. The van der Waals surface area contributed by atoms with Gasteiger partial charge in [0.1, 0.15) is 0 Å². The van der Waals surface area contributed by atoms with Gasteiger partial charge in [0.05, 0.1) is 33.4 Å². The first-order chi connectivity index (χ1) is 25.3. The minimum Gasteiger partial charge on any atom is -0.309 e. The fraction of sp³-hybridized carbons (Fsp3) is 0. The third-order valence-electron chi connectivity index (χ3n) is 10.1. The van der Waals surface area contributed by atoms with Crippen molar-refractivity contribution in [2.45, 2.75) is 0 Å². The number of fused-ring (bicyclic) bond motifs is 6. The number of rotatable bonds is 6. The van der Waals surface area contributed by atoms with Gasteiger partial charge in [-0.25, -0.2) is 0 Å². The van der Waals surface area contributed by atoms with Crippen molar-refractivity contribution in [2.24, 2.45) is 0 Å². The monoisotopic (exact) mass is 651 g/mol. The van der Waals surface area contributed by atoms with Crippen LogP contribution in [0.2, 0.25) is 0 Å². The van der Waals surface area contributed by atoms with Crippen molar-refractivity contribution in [3.8, 4) is 22.5 Å². The van der Waals surface area contributed by atoms with E-state index in [9.17, 15) is 0 Å². The van der Waals surface area contributed by atoms with Gasteiger partial charge >= 0.3 is 0 Å². The highest BCUT2D eigenvalue weighted by molar-refractivity contribution is 6.13. The summed E-state index contributed by atoms with van der Waals surface area (Å²) in [6.45, 7) is 0.